The molecule has 1 heterocycles. The maximum Gasteiger partial charge on any atom is 0.255 e. The average molecular weight is 195 g/mol. The van der Waals surface area contributed by atoms with Crippen LogP contribution in [0.5, 0.6) is 0 Å². The number of hydrogen-bond acceptors (Lipinski definition) is 2. The summed E-state index contributed by atoms with van der Waals surface area (Å²) < 4.78 is 1.61. The molecule has 0 fully saturated rings. The summed E-state index contributed by atoms with van der Waals surface area (Å²) in [6, 6.07) is 3.28. The molecule has 0 unspecified atom stereocenters. The summed E-state index contributed by atoms with van der Waals surface area (Å²) in [6.45, 7) is 2.08. The lowest BCUT2D eigenvalue weighted by molar-refractivity contribution is -0.118. The number of nitrogens with one attached hydrogen (secondary N) is 1. The Hall–Kier alpha value is -1.29. The molecule has 14 heavy (non-hydrogen) atoms. The molecule has 3 N–H and O–H groups in total. The van der Waals surface area contributed by atoms with Gasteiger partial charge in [0.05, 0.1) is 6.04 Å². The lowest BCUT2D eigenvalue weighted by Gasteiger charge is -2.11. The van der Waals surface area contributed by atoms with Gasteiger partial charge in [0.25, 0.3) is 5.91 Å². The van der Waals surface area contributed by atoms with E-state index in [1.165, 1.54) is 0 Å². The van der Waals surface area contributed by atoms with E-state index in [1.807, 2.05) is 12.1 Å². The van der Waals surface area contributed by atoms with Crippen LogP contribution in [0.25, 0.3) is 0 Å². The Morgan fingerprint density at radius 1 is 1.50 bits per heavy atom. The van der Waals surface area contributed by atoms with Crippen molar-refractivity contribution in [2.24, 2.45) is 5.73 Å². The van der Waals surface area contributed by atoms with Gasteiger partial charge in [0.2, 0.25) is 0 Å². The van der Waals surface area contributed by atoms with Crippen molar-refractivity contribution >= 4 is 5.91 Å². The van der Waals surface area contributed by atoms with E-state index in [2.05, 4.69) is 12.3 Å². The van der Waals surface area contributed by atoms with Crippen LogP contribution in [0.4, 0.5) is 0 Å². The smallest absolute Gasteiger partial charge is 0.255 e. The molecule has 4 heteroatoms. The standard InChI is InChI=1S/C10H17N3O/c1-2-3-6-9(11)10(14)12-13-7-4-5-8-13/h4-5,7-9H,2-3,6,11H2,1H3,(H,12,14)/t9-/m0/s1. The summed E-state index contributed by atoms with van der Waals surface area (Å²) in [5.41, 5.74) is 8.38. The predicted molar refractivity (Wildman–Crippen MR) is 56.3 cm³/mol. The van der Waals surface area contributed by atoms with Gasteiger partial charge in [0.15, 0.2) is 0 Å². The van der Waals surface area contributed by atoms with Crippen LogP contribution in [-0.4, -0.2) is 16.6 Å². The molecule has 0 saturated heterocycles. The summed E-state index contributed by atoms with van der Waals surface area (Å²) in [7, 11) is 0. The average Bonchev–Trinajstić information content (AvgIpc) is 2.66. The molecule has 78 valence electrons. The third-order valence-electron chi connectivity index (χ3n) is 2.05. The Morgan fingerprint density at radius 2 is 2.14 bits per heavy atom. The number of amides is 1. The van der Waals surface area contributed by atoms with Crippen LogP contribution in [0.15, 0.2) is 24.5 Å². The van der Waals surface area contributed by atoms with Crippen molar-refractivity contribution in [2.45, 2.75) is 32.2 Å². The molecule has 1 rings (SSSR count). The molecule has 0 saturated carbocycles. The number of nitrogens with zero attached hydrogens (tertiary/aromatic N) is 1. The minimum atomic E-state index is -0.405. The Balaban J connectivity index is 2.34. The fraction of sp³-hybridized carbons (Fsp3) is 0.500. The zero-order valence-corrected chi connectivity index (χ0v) is 8.44. The van der Waals surface area contributed by atoms with E-state index in [0.29, 0.717) is 0 Å². The number of unbranched alkanes of at least 4 members (excludes halogenated alkanes) is 1. The van der Waals surface area contributed by atoms with Crippen molar-refractivity contribution in [1.29, 1.82) is 0 Å². The summed E-state index contributed by atoms with van der Waals surface area (Å²) in [5.74, 6) is -0.130. The van der Waals surface area contributed by atoms with E-state index in [9.17, 15) is 4.79 Å². The highest BCUT2D eigenvalue weighted by molar-refractivity contribution is 5.88. The molecule has 0 radical (unpaired) electrons. The Morgan fingerprint density at radius 3 is 2.71 bits per heavy atom. The fourth-order valence-corrected chi connectivity index (χ4v) is 1.17. The Bertz CT molecular complexity index is 269. The second-order valence-electron chi connectivity index (χ2n) is 3.32. The van der Waals surface area contributed by atoms with E-state index in [4.69, 9.17) is 5.73 Å². The maximum absolute atomic E-state index is 11.5. The molecule has 4 nitrogen and oxygen atoms in total. The molecule has 1 atom stereocenters. The third-order valence-corrected chi connectivity index (χ3v) is 2.05. The van der Waals surface area contributed by atoms with Crippen LogP contribution in [0.3, 0.4) is 0 Å². The van der Waals surface area contributed by atoms with Crippen LogP contribution in [0.2, 0.25) is 0 Å². The van der Waals surface area contributed by atoms with Crippen LogP contribution in [0.1, 0.15) is 26.2 Å². The third kappa shape index (κ3) is 3.22. The molecule has 1 aromatic heterocycles. The monoisotopic (exact) mass is 195 g/mol. The molecule has 1 aromatic rings. The van der Waals surface area contributed by atoms with Gasteiger partial charge in [-0.25, -0.2) is 0 Å². The van der Waals surface area contributed by atoms with Gasteiger partial charge in [0.1, 0.15) is 0 Å². The van der Waals surface area contributed by atoms with Crippen LogP contribution >= 0.6 is 0 Å². The van der Waals surface area contributed by atoms with Crippen molar-refractivity contribution in [2.75, 3.05) is 5.43 Å². The zero-order chi connectivity index (χ0) is 10.4. The molecule has 0 spiro atoms. The SMILES string of the molecule is CCCC[C@H](N)C(=O)Nn1cccc1. The second-order valence-corrected chi connectivity index (χ2v) is 3.32. The van der Waals surface area contributed by atoms with Gasteiger partial charge in [-0.15, -0.1) is 0 Å². The minimum absolute atomic E-state index is 0.130. The highest BCUT2D eigenvalue weighted by Gasteiger charge is 2.11. The van der Waals surface area contributed by atoms with E-state index in [-0.39, 0.29) is 5.91 Å². The second kappa shape index (κ2) is 5.44. The normalized spacial score (nSPS) is 12.4. The summed E-state index contributed by atoms with van der Waals surface area (Å²) in [5, 5.41) is 0. The number of hydrogen-bond donors (Lipinski definition) is 2. The van der Waals surface area contributed by atoms with E-state index in [1.54, 1.807) is 17.1 Å². The van der Waals surface area contributed by atoms with Gasteiger partial charge >= 0.3 is 0 Å². The largest absolute Gasteiger partial charge is 0.320 e. The van der Waals surface area contributed by atoms with Crippen LogP contribution in [-0.2, 0) is 4.79 Å². The number of aromatic nitrogens is 1. The maximum atomic E-state index is 11.5. The van der Waals surface area contributed by atoms with Crippen molar-refractivity contribution in [3.05, 3.63) is 24.5 Å². The lowest BCUT2D eigenvalue weighted by Crippen LogP contribution is -2.38. The number of carbonyl (C=O) groups excluding carboxylic acids is 1. The Labute approximate surface area is 84.1 Å². The molecule has 0 aliphatic heterocycles. The molecular weight excluding hydrogens is 178 g/mol. The van der Waals surface area contributed by atoms with E-state index >= 15 is 0 Å². The fourth-order valence-electron chi connectivity index (χ4n) is 1.17. The van der Waals surface area contributed by atoms with Crippen molar-refractivity contribution in [3.63, 3.8) is 0 Å². The van der Waals surface area contributed by atoms with Crippen molar-refractivity contribution in [1.82, 2.24) is 4.68 Å². The summed E-state index contributed by atoms with van der Waals surface area (Å²) in [4.78, 5) is 11.5. The highest BCUT2D eigenvalue weighted by atomic mass is 16.2. The highest BCUT2D eigenvalue weighted by Crippen LogP contribution is 1.98. The molecule has 0 aromatic carbocycles. The lowest BCUT2D eigenvalue weighted by atomic mass is 10.1. The van der Waals surface area contributed by atoms with Crippen LogP contribution in [0, 0.1) is 0 Å². The quantitative estimate of drug-likeness (QED) is 0.738. The van der Waals surface area contributed by atoms with Crippen molar-refractivity contribution in [3.8, 4) is 0 Å². The first kappa shape index (κ1) is 10.8. The van der Waals surface area contributed by atoms with Crippen molar-refractivity contribution < 1.29 is 4.79 Å². The number of nitrogens with two attached hydrogens (primary N) is 1. The first-order valence-corrected chi connectivity index (χ1v) is 4.93. The van der Waals surface area contributed by atoms with Crippen LogP contribution < -0.4 is 11.2 Å². The first-order chi connectivity index (χ1) is 6.74. The topological polar surface area (TPSA) is 60.1 Å². The van der Waals surface area contributed by atoms with E-state index < -0.39 is 6.04 Å². The van der Waals surface area contributed by atoms with Gasteiger partial charge in [0, 0.05) is 12.4 Å². The minimum Gasteiger partial charge on any atom is -0.320 e. The van der Waals surface area contributed by atoms with Gasteiger partial charge in [-0.1, -0.05) is 19.8 Å². The van der Waals surface area contributed by atoms with Gasteiger partial charge in [-0.3, -0.25) is 14.9 Å². The van der Waals surface area contributed by atoms with Gasteiger partial charge in [-0.05, 0) is 18.6 Å². The Kier molecular flexibility index (Phi) is 4.19. The first-order valence-electron chi connectivity index (χ1n) is 4.93. The predicted octanol–water partition coefficient (Wildman–Crippen LogP) is 1.08. The number of carbonyl (C=O) groups is 1. The zero-order valence-electron chi connectivity index (χ0n) is 8.44. The summed E-state index contributed by atoms with van der Waals surface area (Å²) >= 11 is 0. The molecule has 0 aliphatic rings. The molecule has 0 bridgehead atoms. The molecule has 0 aliphatic carbocycles. The van der Waals surface area contributed by atoms with E-state index in [0.717, 1.165) is 19.3 Å². The molecular formula is C10H17N3O. The number of rotatable bonds is 5. The summed E-state index contributed by atoms with van der Waals surface area (Å²) in [6.07, 6.45) is 6.32. The molecule has 1 amide bonds. The van der Waals surface area contributed by atoms with Gasteiger partial charge in [-0.2, -0.15) is 0 Å². The van der Waals surface area contributed by atoms with Gasteiger partial charge < -0.3 is 5.73 Å².